The first kappa shape index (κ1) is 27.1. The first-order chi connectivity index (χ1) is 19.5. The molecule has 3 aromatic rings. The molecule has 5 rings (SSSR count). The second-order valence-corrected chi connectivity index (χ2v) is 9.26. The van der Waals surface area contributed by atoms with Crippen LogP contribution in [0, 0.1) is 0 Å². The lowest BCUT2D eigenvalue weighted by molar-refractivity contribution is -0.140. The van der Waals surface area contributed by atoms with E-state index in [0.717, 1.165) is 5.56 Å². The molecule has 9 heteroatoms. The minimum absolute atomic E-state index is 0.0295. The number of hydrogen-bond donors (Lipinski definition) is 1. The number of aliphatic hydroxyl groups is 1. The van der Waals surface area contributed by atoms with Gasteiger partial charge in [0, 0.05) is 19.2 Å². The third kappa shape index (κ3) is 5.46. The van der Waals surface area contributed by atoms with Crippen molar-refractivity contribution in [1.29, 1.82) is 0 Å². The first-order valence-electron chi connectivity index (χ1n) is 13.1. The van der Waals surface area contributed by atoms with Gasteiger partial charge in [-0.1, -0.05) is 36.4 Å². The molecule has 0 spiro atoms. The number of amides is 1. The number of carbonyl (C=O) groups excluding carboxylic acids is 2. The standard InChI is InChI=1S/C31H31NO8/c1-3-37-25-17-21(9-11-24(25)40-19-20-7-5-4-6-8-20)28-27(30(34)31(35)32(28)13-14-36-2)29(33)22-10-12-23-26(18-22)39-16-15-38-23/h4-12,17-18,28,33H,3,13-16,19H2,1-2H3/t28-/m0/s1. The molecular formula is C31H31NO8. The molecule has 208 valence electrons. The van der Waals surface area contributed by atoms with E-state index in [0.29, 0.717) is 60.6 Å². The minimum atomic E-state index is -0.870. The van der Waals surface area contributed by atoms with Gasteiger partial charge < -0.3 is 33.7 Å². The van der Waals surface area contributed by atoms with Crippen LogP contribution in [0.2, 0.25) is 0 Å². The third-order valence-electron chi connectivity index (χ3n) is 6.71. The van der Waals surface area contributed by atoms with Crippen LogP contribution >= 0.6 is 0 Å². The highest BCUT2D eigenvalue weighted by Gasteiger charge is 2.46. The molecule has 0 unspecified atom stereocenters. The van der Waals surface area contributed by atoms with Gasteiger partial charge in [-0.3, -0.25) is 9.59 Å². The van der Waals surface area contributed by atoms with Crippen molar-refractivity contribution in [2.45, 2.75) is 19.6 Å². The van der Waals surface area contributed by atoms with Gasteiger partial charge in [-0.25, -0.2) is 0 Å². The zero-order valence-corrected chi connectivity index (χ0v) is 22.4. The molecule has 0 radical (unpaired) electrons. The number of rotatable bonds is 10. The third-order valence-corrected chi connectivity index (χ3v) is 6.71. The number of Topliss-reactive ketones (excluding diaryl/α,β-unsaturated/α-hetero) is 1. The van der Waals surface area contributed by atoms with Crippen LogP contribution in [0.25, 0.3) is 5.76 Å². The molecule has 1 N–H and O–H groups in total. The maximum atomic E-state index is 13.3. The second-order valence-electron chi connectivity index (χ2n) is 9.26. The fraction of sp³-hybridized carbons (Fsp3) is 0.290. The van der Waals surface area contributed by atoms with Gasteiger partial charge >= 0.3 is 0 Å². The Bertz CT molecular complexity index is 1420. The Morgan fingerprint density at radius 2 is 1.73 bits per heavy atom. The summed E-state index contributed by atoms with van der Waals surface area (Å²) in [7, 11) is 1.52. The number of likely N-dealkylation sites (tertiary alicyclic amines) is 1. The maximum absolute atomic E-state index is 13.3. The molecule has 1 fully saturated rings. The van der Waals surface area contributed by atoms with Crippen LogP contribution < -0.4 is 18.9 Å². The number of nitrogens with zero attached hydrogens (tertiary/aromatic N) is 1. The summed E-state index contributed by atoms with van der Waals surface area (Å²) in [5.74, 6) is 0.191. The van der Waals surface area contributed by atoms with E-state index in [1.807, 2.05) is 37.3 Å². The number of ketones is 1. The Morgan fingerprint density at radius 1 is 0.950 bits per heavy atom. The van der Waals surface area contributed by atoms with Gasteiger partial charge in [0.25, 0.3) is 11.7 Å². The lowest BCUT2D eigenvalue weighted by Crippen LogP contribution is -2.32. The summed E-state index contributed by atoms with van der Waals surface area (Å²) in [4.78, 5) is 27.9. The highest BCUT2D eigenvalue weighted by molar-refractivity contribution is 6.46. The topological polar surface area (TPSA) is 104 Å². The SMILES string of the molecule is CCOc1cc([C@H]2C(=C(O)c3ccc4c(c3)OCCO4)C(=O)C(=O)N2CCOC)ccc1OCc1ccccc1. The Balaban J connectivity index is 1.55. The summed E-state index contributed by atoms with van der Waals surface area (Å²) in [6.45, 7) is 3.75. The Labute approximate surface area is 232 Å². The van der Waals surface area contributed by atoms with Crippen LogP contribution in [0.5, 0.6) is 23.0 Å². The van der Waals surface area contributed by atoms with Gasteiger partial charge in [0.2, 0.25) is 0 Å². The first-order valence-corrected chi connectivity index (χ1v) is 13.1. The van der Waals surface area contributed by atoms with Crippen molar-refractivity contribution >= 4 is 17.4 Å². The average Bonchev–Trinajstić information content (AvgIpc) is 3.24. The average molecular weight is 546 g/mol. The lowest BCUT2D eigenvalue weighted by atomic mass is 9.94. The molecule has 0 aromatic heterocycles. The molecule has 1 saturated heterocycles. The summed E-state index contributed by atoms with van der Waals surface area (Å²) in [5, 5.41) is 11.4. The molecule has 0 aliphatic carbocycles. The summed E-state index contributed by atoms with van der Waals surface area (Å²) in [5.41, 5.74) is 1.90. The molecule has 2 aliphatic rings. The van der Waals surface area contributed by atoms with Gasteiger partial charge in [0.1, 0.15) is 25.6 Å². The molecule has 0 saturated carbocycles. The number of fused-ring (bicyclic) bond motifs is 1. The predicted octanol–water partition coefficient (Wildman–Crippen LogP) is 4.50. The maximum Gasteiger partial charge on any atom is 0.295 e. The number of hydrogen-bond acceptors (Lipinski definition) is 8. The number of aliphatic hydroxyl groups excluding tert-OH is 1. The van der Waals surface area contributed by atoms with Crippen molar-refractivity contribution in [3.63, 3.8) is 0 Å². The van der Waals surface area contributed by atoms with Crippen LogP contribution in [0.15, 0.2) is 72.3 Å². The fourth-order valence-corrected chi connectivity index (χ4v) is 4.81. The molecule has 1 amide bonds. The quantitative estimate of drug-likeness (QED) is 0.226. The summed E-state index contributed by atoms with van der Waals surface area (Å²) in [6, 6.07) is 19.1. The molecule has 9 nitrogen and oxygen atoms in total. The van der Waals surface area contributed by atoms with E-state index >= 15 is 0 Å². The van der Waals surface area contributed by atoms with Crippen LogP contribution in [-0.4, -0.2) is 61.8 Å². The molecule has 1 atom stereocenters. The Morgan fingerprint density at radius 3 is 2.48 bits per heavy atom. The lowest BCUT2D eigenvalue weighted by Gasteiger charge is -2.26. The number of benzene rings is 3. The summed E-state index contributed by atoms with van der Waals surface area (Å²) in [6.07, 6.45) is 0. The zero-order chi connectivity index (χ0) is 28.1. The van der Waals surface area contributed by atoms with E-state index in [4.69, 9.17) is 23.7 Å². The molecule has 0 bridgehead atoms. The van der Waals surface area contributed by atoms with Gasteiger partial charge in [0.15, 0.2) is 23.0 Å². The monoisotopic (exact) mass is 545 g/mol. The minimum Gasteiger partial charge on any atom is -0.507 e. The van der Waals surface area contributed by atoms with Crippen molar-refractivity contribution in [2.75, 3.05) is 40.1 Å². The van der Waals surface area contributed by atoms with Crippen LogP contribution in [0.1, 0.15) is 29.7 Å². The number of carbonyl (C=O) groups is 2. The van der Waals surface area contributed by atoms with Gasteiger partial charge in [-0.05, 0) is 48.4 Å². The van der Waals surface area contributed by atoms with Crippen LogP contribution in [0.4, 0.5) is 0 Å². The Hall–Kier alpha value is -4.50. The van der Waals surface area contributed by atoms with E-state index < -0.39 is 17.7 Å². The molecule has 3 aromatic carbocycles. The molecular weight excluding hydrogens is 514 g/mol. The van der Waals surface area contributed by atoms with E-state index in [1.165, 1.54) is 12.0 Å². The van der Waals surface area contributed by atoms with Crippen molar-refractivity contribution in [3.8, 4) is 23.0 Å². The smallest absolute Gasteiger partial charge is 0.295 e. The van der Waals surface area contributed by atoms with E-state index in [-0.39, 0.29) is 24.5 Å². The number of methoxy groups -OCH3 is 1. The van der Waals surface area contributed by atoms with E-state index in [1.54, 1.807) is 36.4 Å². The summed E-state index contributed by atoms with van der Waals surface area (Å²) >= 11 is 0. The van der Waals surface area contributed by atoms with Crippen molar-refractivity contribution in [1.82, 2.24) is 4.90 Å². The number of ether oxygens (including phenoxy) is 5. The van der Waals surface area contributed by atoms with Crippen LogP contribution in [-0.2, 0) is 20.9 Å². The highest BCUT2D eigenvalue weighted by atomic mass is 16.6. The van der Waals surface area contributed by atoms with Crippen molar-refractivity contribution in [2.24, 2.45) is 0 Å². The Kier molecular flexibility index (Phi) is 8.21. The van der Waals surface area contributed by atoms with E-state index in [9.17, 15) is 14.7 Å². The van der Waals surface area contributed by atoms with Crippen molar-refractivity contribution in [3.05, 3.63) is 89.0 Å². The zero-order valence-electron chi connectivity index (χ0n) is 22.4. The highest BCUT2D eigenvalue weighted by Crippen LogP contribution is 2.43. The van der Waals surface area contributed by atoms with Gasteiger partial charge in [0.05, 0.1) is 24.8 Å². The van der Waals surface area contributed by atoms with Crippen LogP contribution in [0.3, 0.4) is 0 Å². The van der Waals surface area contributed by atoms with Gasteiger partial charge in [-0.15, -0.1) is 0 Å². The molecule has 40 heavy (non-hydrogen) atoms. The van der Waals surface area contributed by atoms with Gasteiger partial charge in [-0.2, -0.15) is 0 Å². The normalized spacial score (nSPS) is 17.6. The largest absolute Gasteiger partial charge is 0.507 e. The van der Waals surface area contributed by atoms with Crippen molar-refractivity contribution < 1.29 is 38.4 Å². The molecule has 2 heterocycles. The molecule has 2 aliphatic heterocycles. The fourth-order valence-electron chi connectivity index (χ4n) is 4.81. The van der Waals surface area contributed by atoms with E-state index in [2.05, 4.69) is 0 Å². The summed E-state index contributed by atoms with van der Waals surface area (Å²) < 4.78 is 28.4. The predicted molar refractivity (Wildman–Crippen MR) is 147 cm³/mol. The second kappa shape index (κ2) is 12.1.